The van der Waals surface area contributed by atoms with E-state index in [1.165, 1.54) is 7.11 Å². The van der Waals surface area contributed by atoms with Crippen molar-refractivity contribution in [1.29, 1.82) is 0 Å². The summed E-state index contributed by atoms with van der Waals surface area (Å²) >= 11 is 0. The Kier molecular flexibility index (Phi) is 10.3. The highest BCUT2D eigenvalue weighted by Gasteiger charge is 2.43. The summed E-state index contributed by atoms with van der Waals surface area (Å²) in [5, 5.41) is 0. The molecule has 0 radical (unpaired) electrons. The molecular weight excluding hydrogens is 335 g/mol. The van der Waals surface area contributed by atoms with Crippen LogP contribution in [0.4, 0.5) is 4.39 Å². The summed E-state index contributed by atoms with van der Waals surface area (Å²) in [6, 6.07) is 0. The van der Waals surface area contributed by atoms with Crippen LogP contribution in [0.1, 0.15) is 13.8 Å². The molecule has 2 rings (SSSR count). The average molecular weight is 368 g/mol. The van der Waals surface area contributed by atoms with E-state index in [4.69, 9.17) is 33.2 Å². The van der Waals surface area contributed by atoms with Crippen molar-refractivity contribution in [2.75, 3.05) is 48.8 Å². The first-order valence-corrected chi connectivity index (χ1v) is 8.46. The maximum Gasteiger partial charge on any atom is 0.154 e. The van der Waals surface area contributed by atoms with Gasteiger partial charge < -0.3 is 33.2 Å². The van der Waals surface area contributed by atoms with Gasteiger partial charge in [0.1, 0.15) is 30.5 Å². The van der Waals surface area contributed by atoms with E-state index in [0.29, 0.717) is 13.2 Å². The molecular formula is C17H33FO7. The van der Waals surface area contributed by atoms with Gasteiger partial charge in [-0.25, -0.2) is 4.39 Å². The van der Waals surface area contributed by atoms with E-state index < -0.39 is 18.4 Å². The molecule has 0 aromatic heterocycles. The molecule has 0 amide bonds. The Balaban J connectivity index is 0.000000251. The minimum absolute atomic E-state index is 0.00477. The van der Waals surface area contributed by atoms with E-state index in [9.17, 15) is 4.39 Å². The summed E-state index contributed by atoms with van der Waals surface area (Å²) in [4.78, 5) is 0. The fraction of sp³-hybridized carbons (Fsp3) is 1.00. The van der Waals surface area contributed by atoms with Crippen LogP contribution in [-0.4, -0.2) is 97.7 Å². The minimum Gasteiger partial charge on any atom is -0.382 e. The van der Waals surface area contributed by atoms with Gasteiger partial charge in [0.05, 0.1) is 25.4 Å². The van der Waals surface area contributed by atoms with Crippen LogP contribution in [0.5, 0.6) is 0 Å². The second kappa shape index (κ2) is 11.4. The van der Waals surface area contributed by atoms with Crippen molar-refractivity contribution in [3.63, 3.8) is 0 Å². The molecule has 2 heterocycles. The fourth-order valence-corrected chi connectivity index (χ4v) is 3.30. The monoisotopic (exact) mass is 368 g/mol. The summed E-state index contributed by atoms with van der Waals surface area (Å²) in [5.41, 5.74) is 0. The van der Waals surface area contributed by atoms with Crippen LogP contribution in [0.15, 0.2) is 0 Å². The van der Waals surface area contributed by atoms with Crippen molar-refractivity contribution in [2.24, 2.45) is 0 Å². The Bertz CT molecular complexity index is 360. The molecule has 8 atom stereocenters. The molecule has 2 aliphatic rings. The fourth-order valence-electron chi connectivity index (χ4n) is 3.30. The standard InChI is InChI=1S/C9H18O4.C8H15FO3/c1-6-8(11-3)9(12-4)7(13-6)5-10-2;1-5-7(9)8(11-3)6(12-5)4-10-2/h6-9H,5H2,1-4H3;5-8H,4H2,1-3H3/t6-,7+,8?,9-;5-,6+,7?,8-/m00/s1. The van der Waals surface area contributed by atoms with Crippen LogP contribution < -0.4 is 0 Å². The van der Waals surface area contributed by atoms with Gasteiger partial charge in [-0.2, -0.15) is 0 Å². The van der Waals surface area contributed by atoms with Crippen molar-refractivity contribution < 1.29 is 37.5 Å². The third-order valence-electron chi connectivity index (χ3n) is 4.54. The summed E-state index contributed by atoms with van der Waals surface area (Å²) in [6.45, 7) is 4.61. The molecule has 2 unspecified atom stereocenters. The quantitative estimate of drug-likeness (QED) is 0.669. The molecule has 0 saturated carbocycles. The van der Waals surface area contributed by atoms with Gasteiger partial charge in [-0.3, -0.25) is 0 Å². The summed E-state index contributed by atoms with van der Waals surface area (Å²) in [7, 11) is 8.04. The number of hydrogen-bond donors (Lipinski definition) is 0. The van der Waals surface area contributed by atoms with Gasteiger partial charge in [-0.05, 0) is 13.8 Å². The van der Waals surface area contributed by atoms with E-state index in [0.717, 1.165) is 0 Å². The van der Waals surface area contributed by atoms with Gasteiger partial charge in [0.2, 0.25) is 0 Å². The highest BCUT2D eigenvalue weighted by atomic mass is 19.1. The normalized spacial score (nSPS) is 40.8. The number of methoxy groups -OCH3 is 5. The van der Waals surface area contributed by atoms with Crippen LogP contribution in [0.2, 0.25) is 0 Å². The van der Waals surface area contributed by atoms with Gasteiger partial charge in [0, 0.05) is 35.5 Å². The molecule has 0 aromatic carbocycles. The van der Waals surface area contributed by atoms with Crippen molar-refractivity contribution in [3.8, 4) is 0 Å². The van der Waals surface area contributed by atoms with Crippen molar-refractivity contribution in [1.82, 2.24) is 0 Å². The van der Waals surface area contributed by atoms with E-state index in [-0.39, 0.29) is 30.5 Å². The van der Waals surface area contributed by atoms with Gasteiger partial charge in [0.25, 0.3) is 0 Å². The Morgan fingerprint density at radius 2 is 1.12 bits per heavy atom. The third-order valence-corrected chi connectivity index (χ3v) is 4.54. The predicted octanol–water partition coefficient (Wildman–Crippen LogP) is 1.22. The van der Waals surface area contributed by atoms with Crippen molar-refractivity contribution in [3.05, 3.63) is 0 Å². The molecule has 7 nitrogen and oxygen atoms in total. The molecule has 8 heteroatoms. The molecule has 0 N–H and O–H groups in total. The average Bonchev–Trinajstić information content (AvgIpc) is 3.04. The number of halogens is 1. The van der Waals surface area contributed by atoms with Crippen molar-refractivity contribution in [2.45, 2.75) is 62.7 Å². The zero-order valence-electron chi connectivity index (χ0n) is 16.3. The topological polar surface area (TPSA) is 64.6 Å². The molecule has 0 bridgehead atoms. The summed E-state index contributed by atoms with van der Waals surface area (Å²) in [6.07, 6.45) is -2.18. The van der Waals surface area contributed by atoms with Crippen LogP contribution in [0.3, 0.4) is 0 Å². The smallest absolute Gasteiger partial charge is 0.154 e. The zero-order valence-corrected chi connectivity index (χ0v) is 16.3. The minimum atomic E-state index is -1.05. The summed E-state index contributed by atoms with van der Waals surface area (Å²) in [5.74, 6) is 0. The molecule has 0 aliphatic carbocycles. The van der Waals surface area contributed by atoms with E-state index in [1.54, 1.807) is 35.4 Å². The van der Waals surface area contributed by atoms with Gasteiger partial charge in [-0.15, -0.1) is 0 Å². The summed E-state index contributed by atoms with van der Waals surface area (Å²) < 4.78 is 49.7. The Hall–Kier alpha value is -0.350. The van der Waals surface area contributed by atoms with E-state index >= 15 is 0 Å². The SMILES string of the molecule is COC[C@H]1O[C@@H](C)C(F)[C@H]1OC.COC[C@H]1O[C@@H](C)C(OC)[C@H]1OC. The molecule has 0 aromatic rings. The number of alkyl halides is 1. The lowest BCUT2D eigenvalue weighted by Gasteiger charge is -2.20. The van der Waals surface area contributed by atoms with Crippen LogP contribution in [0.25, 0.3) is 0 Å². The molecule has 150 valence electrons. The lowest BCUT2D eigenvalue weighted by Crippen LogP contribution is -2.37. The molecule has 25 heavy (non-hydrogen) atoms. The maximum atomic E-state index is 13.2. The first kappa shape index (κ1) is 22.7. The van der Waals surface area contributed by atoms with Crippen molar-refractivity contribution >= 4 is 0 Å². The highest BCUT2D eigenvalue weighted by Crippen LogP contribution is 2.26. The lowest BCUT2D eigenvalue weighted by molar-refractivity contribution is -0.0471. The molecule has 0 spiro atoms. The Morgan fingerprint density at radius 3 is 1.56 bits per heavy atom. The van der Waals surface area contributed by atoms with Crippen LogP contribution in [0, 0.1) is 0 Å². The van der Waals surface area contributed by atoms with Gasteiger partial charge in [0.15, 0.2) is 6.17 Å². The first-order chi connectivity index (χ1) is 11.9. The number of rotatable bonds is 7. The Morgan fingerprint density at radius 1 is 0.680 bits per heavy atom. The molecule has 2 saturated heterocycles. The highest BCUT2D eigenvalue weighted by molar-refractivity contribution is 4.91. The lowest BCUT2D eigenvalue weighted by atomic mass is 10.1. The third kappa shape index (κ3) is 5.82. The predicted molar refractivity (Wildman–Crippen MR) is 89.7 cm³/mol. The van der Waals surface area contributed by atoms with Crippen LogP contribution in [-0.2, 0) is 33.2 Å². The zero-order chi connectivity index (χ0) is 19.0. The van der Waals surface area contributed by atoms with E-state index in [2.05, 4.69) is 0 Å². The van der Waals surface area contributed by atoms with Crippen LogP contribution >= 0.6 is 0 Å². The second-order valence-corrected chi connectivity index (χ2v) is 6.22. The Labute approximate surface area is 150 Å². The molecule has 2 aliphatic heterocycles. The molecule has 2 fully saturated rings. The maximum absolute atomic E-state index is 13.2. The van der Waals surface area contributed by atoms with Gasteiger partial charge >= 0.3 is 0 Å². The largest absolute Gasteiger partial charge is 0.382 e. The van der Waals surface area contributed by atoms with Gasteiger partial charge in [-0.1, -0.05) is 0 Å². The number of ether oxygens (including phenoxy) is 7. The number of hydrogen-bond acceptors (Lipinski definition) is 7. The first-order valence-electron chi connectivity index (χ1n) is 8.46. The van der Waals surface area contributed by atoms with E-state index in [1.807, 2.05) is 6.92 Å². The second-order valence-electron chi connectivity index (χ2n) is 6.22.